The van der Waals surface area contributed by atoms with Gasteiger partial charge in [0.05, 0.1) is 5.56 Å². The summed E-state index contributed by atoms with van der Waals surface area (Å²) in [5.74, 6) is -0.941. The molecule has 0 bridgehead atoms. The van der Waals surface area contributed by atoms with Gasteiger partial charge in [-0.1, -0.05) is 0 Å². The summed E-state index contributed by atoms with van der Waals surface area (Å²) in [6, 6.07) is 2.92. The van der Waals surface area contributed by atoms with Crippen molar-refractivity contribution in [1.82, 2.24) is 4.90 Å². The average Bonchev–Trinajstić information content (AvgIpc) is 2.36. The van der Waals surface area contributed by atoms with Crippen LogP contribution in [0.25, 0.3) is 0 Å². The fourth-order valence-electron chi connectivity index (χ4n) is 1.55. The summed E-state index contributed by atoms with van der Waals surface area (Å²) in [6.07, 6.45) is -5.42. The molecule has 0 aliphatic carbocycles. The van der Waals surface area contributed by atoms with E-state index in [2.05, 4.69) is 0 Å². The second-order valence-electron chi connectivity index (χ2n) is 4.36. The lowest BCUT2D eigenvalue weighted by molar-refractivity contribution is -0.142. The molecule has 0 aromatic heterocycles. The lowest BCUT2D eigenvalue weighted by Gasteiger charge is -2.21. The van der Waals surface area contributed by atoms with Crippen LogP contribution >= 0.6 is 0 Å². The van der Waals surface area contributed by atoms with Crippen molar-refractivity contribution < 1.29 is 27.5 Å². The van der Waals surface area contributed by atoms with E-state index in [1.807, 2.05) is 0 Å². The number of alkyl halides is 3. The molecule has 0 aliphatic heterocycles. The van der Waals surface area contributed by atoms with Crippen LogP contribution in [-0.4, -0.2) is 37.3 Å². The van der Waals surface area contributed by atoms with Gasteiger partial charge in [0.2, 0.25) is 0 Å². The standard InChI is InChI=1S/C13H14F3NO3/c1-8(12(19)17(2)3)20-11-5-4-9(7-18)6-10(11)13(14,15)16/h4-8H,1-3H3. The first kappa shape index (κ1) is 16.0. The molecule has 1 atom stereocenters. The number of halogens is 3. The molecule has 4 nitrogen and oxygen atoms in total. The van der Waals surface area contributed by atoms with E-state index in [9.17, 15) is 22.8 Å². The molecule has 1 unspecified atom stereocenters. The highest BCUT2D eigenvalue weighted by Crippen LogP contribution is 2.37. The molecule has 1 aromatic carbocycles. The number of benzene rings is 1. The summed E-state index contributed by atoms with van der Waals surface area (Å²) < 4.78 is 43.7. The van der Waals surface area contributed by atoms with Crippen molar-refractivity contribution in [3.05, 3.63) is 29.3 Å². The highest BCUT2D eigenvalue weighted by molar-refractivity contribution is 5.80. The Balaban J connectivity index is 3.12. The Labute approximate surface area is 114 Å². The molecule has 1 aromatic rings. The van der Waals surface area contributed by atoms with Gasteiger partial charge in [-0.25, -0.2) is 0 Å². The normalized spacial score (nSPS) is 12.7. The maximum atomic E-state index is 12.9. The zero-order chi connectivity index (χ0) is 15.5. The number of carbonyl (C=O) groups excluding carboxylic acids is 2. The fourth-order valence-corrected chi connectivity index (χ4v) is 1.55. The minimum Gasteiger partial charge on any atom is -0.480 e. The molecule has 0 aliphatic rings. The van der Waals surface area contributed by atoms with Gasteiger partial charge in [-0.2, -0.15) is 13.2 Å². The third-order valence-corrected chi connectivity index (χ3v) is 2.54. The van der Waals surface area contributed by atoms with Crippen molar-refractivity contribution in [3.63, 3.8) is 0 Å². The van der Waals surface area contributed by atoms with Crippen LogP contribution in [-0.2, 0) is 11.0 Å². The molecule has 0 radical (unpaired) electrons. The minimum atomic E-state index is -4.67. The minimum absolute atomic E-state index is 0.115. The molecule has 0 fully saturated rings. The number of aldehydes is 1. The Hall–Kier alpha value is -2.05. The van der Waals surface area contributed by atoms with Crippen molar-refractivity contribution >= 4 is 12.2 Å². The largest absolute Gasteiger partial charge is 0.480 e. The number of amides is 1. The predicted molar refractivity (Wildman–Crippen MR) is 65.6 cm³/mol. The van der Waals surface area contributed by atoms with E-state index in [0.29, 0.717) is 12.4 Å². The van der Waals surface area contributed by atoms with Crippen LogP contribution < -0.4 is 4.74 Å². The van der Waals surface area contributed by atoms with Gasteiger partial charge in [0.15, 0.2) is 6.10 Å². The second kappa shape index (κ2) is 5.94. The maximum Gasteiger partial charge on any atom is 0.419 e. The first-order valence-corrected chi connectivity index (χ1v) is 5.71. The summed E-state index contributed by atoms with van der Waals surface area (Å²) in [5.41, 5.74) is -1.20. The van der Waals surface area contributed by atoms with E-state index in [4.69, 9.17) is 4.74 Å². The van der Waals surface area contributed by atoms with E-state index in [1.54, 1.807) is 0 Å². The van der Waals surface area contributed by atoms with Gasteiger partial charge in [0, 0.05) is 19.7 Å². The van der Waals surface area contributed by atoms with Crippen molar-refractivity contribution in [3.8, 4) is 5.75 Å². The first-order valence-electron chi connectivity index (χ1n) is 5.71. The number of carbonyl (C=O) groups is 2. The van der Waals surface area contributed by atoms with Crippen LogP contribution in [0.15, 0.2) is 18.2 Å². The third-order valence-electron chi connectivity index (χ3n) is 2.54. The number of ether oxygens (including phenoxy) is 1. The highest BCUT2D eigenvalue weighted by atomic mass is 19.4. The Morgan fingerprint density at radius 2 is 1.95 bits per heavy atom. The Kier molecular flexibility index (Phi) is 4.75. The van der Waals surface area contributed by atoms with Gasteiger partial charge in [-0.15, -0.1) is 0 Å². The van der Waals surface area contributed by atoms with Crippen LogP contribution in [0.3, 0.4) is 0 Å². The van der Waals surface area contributed by atoms with Gasteiger partial charge in [-0.05, 0) is 25.1 Å². The maximum absolute atomic E-state index is 12.9. The second-order valence-corrected chi connectivity index (χ2v) is 4.36. The van der Waals surface area contributed by atoms with Crippen LogP contribution in [0, 0.1) is 0 Å². The number of nitrogens with zero attached hydrogens (tertiary/aromatic N) is 1. The fraction of sp³-hybridized carbons (Fsp3) is 0.385. The molecule has 0 saturated heterocycles. The Bertz CT molecular complexity index is 512. The summed E-state index contributed by atoms with van der Waals surface area (Å²) in [5, 5.41) is 0. The van der Waals surface area contributed by atoms with E-state index in [0.717, 1.165) is 6.07 Å². The van der Waals surface area contributed by atoms with E-state index < -0.39 is 29.5 Å². The molecule has 1 rings (SSSR count). The van der Waals surface area contributed by atoms with Gasteiger partial charge in [-0.3, -0.25) is 9.59 Å². The van der Waals surface area contributed by atoms with Crippen LogP contribution in [0.2, 0.25) is 0 Å². The van der Waals surface area contributed by atoms with Crippen molar-refractivity contribution in [2.75, 3.05) is 14.1 Å². The Morgan fingerprint density at radius 1 is 1.35 bits per heavy atom. The summed E-state index contributed by atoms with van der Waals surface area (Å²) in [7, 11) is 2.95. The van der Waals surface area contributed by atoms with Crippen molar-refractivity contribution in [2.45, 2.75) is 19.2 Å². The van der Waals surface area contributed by atoms with E-state index in [1.165, 1.54) is 32.0 Å². The quantitative estimate of drug-likeness (QED) is 0.799. The van der Waals surface area contributed by atoms with Crippen LogP contribution in [0.5, 0.6) is 5.75 Å². The topological polar surface area (TPSA) is 46.6 Å². The molecule has 1 amide bonds. The molecule has 20 heavy (non-hydrogen) atoms. The van der Waals surface area contributed by atoms with Gasteiger partial charge in [0.1, 0.15) is 12.0 Å². The van der Waals surface area contributed by atoms with Gasteiger partial charge < -0.3 is 9.64 Å². The highest BCUT2D eigenvalue weighted by Gasteiger charge is 2.35. The van der Waals surface area contributed by atoms with Gasteiger partial charge >= 0.3 is 6.18 Å². The lowest BCUT2D eigenvalue weighted by Crippen LogP contribution is -2.35. The molecule has 0 spiro atoms. The molecular weight excluding hydrogens is 275 g/mol. The monoisotopic (exact) mass is 289 g/mol. The summed E-state index contributed by atoms with van der Waals surface area (Å²) >= 11 is 0. The summed E-state index contributed by atoms with van der Waals surface area (Å²) in [4.78, 5) is 23.4. The average molecular weight is 289 g/mol. The number of rotatable bonds is 4. The van der Waals surface area contributed by atoms with Crippen molar-refractivity contribution in [1.29, 1.82) is 0 Å². The van der Waals surface area contributed by atoms with Gasteiger partial charge in [0.25, 0.3) is 5.91 Å². The van der Waals surface area contributed by atoms with Crippen LogP contribution in [0.4, 0.5) is 13.2 Å². The molecule has 7 heteroatoms. The molecule has 0 heterocycles. The smallest absolute Gasteiger partial charge is 0.419 e. The summed E-state index contributed by atoms with van der Waals surface area (Å²) in [6.45, 7) is 1.36. The Morgan fingerprint density at radius 3 is 2.40 bits per heavy atom. The molecule has 0 N–H and O–H groups in total. The molecule has 0 saturated carbocycles. The number of likely N-dealkylation sites (N-methyl/N-ethyl adjacent to an activating group) is 1. The van der Waals surface area contributed by atoms with E-state index in [-0.39, 0.29) is 5.56 Å². The number of hydrogen-bond acceptors (Lipinski definition) is 3. The zero-order valence-corrected chi connectivity index (χ0v) is 11.2. The molecular formula is C13H14F3NO3. The predicted octanol–water partition coefficient (Wildman–Crippen LogP) is 2.37. The molecule has 110 valence electrons. The SMILES string of the molecule is CC(Oc1ccc(C=O)cc1C(F)(F)F)C(=O)N(C)C. The van der Waals surface area contributed by atoms with E-state index >= 15 is 0 Å². The zero-order valence-electron chi connectivity index (χ0n) is 11.2. The third kappa shape index (κ3) is 3.72. The van der Waals surface area contributed by atoms with Crippen molar-refractivity contribution in [2.24, 2.45) is 0 Å². The lowest BCUT2D eigenvalue weighted by atomic mass is 10.1. The van der Waals surface area contributed by atoms with Crippen LogP contribution in [0.1, 0.15) is 22.8 Å². The first-order chi connectivity index (χ1) is 9.16. The number of hydrogen-bond donors (Lipinski definition) is 0.